The van der Waals surface area contributed by atoms with Crippen LogP contribution in [0.2, 0.25) is 0 Å². The molecule has 0 radical (unpaired) electrons. The Bertz CT molecular complexity index is 3250. The van der Waals surface area contributed by atoms with E-state index >= 15 is 0 Å². The van der Waals surface area contributed by atoms with Gasteiger partial charge >= 0.3 is 0 Å². The number of hydrogen-bond acceptors (Lipinski definition) is 3. The smallest absolute Gasteiger partial charge is 0.135 e. The summed E-state index contributed by atoms with van der Waals surface area (Å²) in [6.07, 6.45) is 0. The highest BCUT2D eigenvalue weighted by atomic mass is 16.3. The molecular weight excluding hydrogens is 695 g/mol. The summed E-state index contributed by atoms with van der Waals surface area (Å²) in [4.78, 5) is 2.35. The number of nitrogens with zero attached hydrogens (tertiary/aromatic N) is 1. The fraction of sp³-hybridized carbons (Fsp3) is 0. The fourth-order valence-corrected chi connectivity index (χ4v) is 8.31. The van der Waals surface area contributed by atoms with E-state index in [0.29, 0.717) is 0 Å². The van der Waals surface area contributed by atoms with Crippen molar-refractivity contribution in [3.8, 4) is 44.5 Å². The molecule has 0 atom stereocenters. The van der Waals surface area contributed by atoms with Crippen molar-refractivity contribution >= 4 is 60.9 Å². The number of benzene rings is 9. The van der Waals surface area contributed by atoms with Crippen molar-refractivity contribution in [2.24, 2.45) is 0 Å². The van der Waals surface area contributed by atoms with Gasteiger partial charge in [0.1, 0.15) is 22.3 Å². The van der Waals surface area contributed by atoms with Gasteiger partial charge in [-0.05, 0) is 123 Å². The molecular formula is C54H35NO2. The van der Waals surface area contributed by atoms with Crippen molar-refractivity contribution in [1.29, 1.82) is 0 Å². The Hall–Kier alpha value is -7.62. The Morgan fingerprint density at radius 2 is 0.684 bits per heavy atom. The first-order chi connectivity index (χ1) is 28.2. The van der Waals surface area contributed by atoms with E-state index in [9.17, 15) is 0 Å². The molecule has 0 aliphatic rings. The molecule has 3 nitrogen and oxygen atoms in total. The van der Waals surface area contributed by atoms with Gasteiger partial charge in [0.05, 0.1) is 0 Å². The molecule has 0 N–H and O–H groups in total. The lowest BCUT2D eigenvalue weighted by Crippen LogP contribution is -2.10. The van der Waals surface area contributed by atoms with Crippen LogP contribution in [0.5, 0.6) is 0 Å². The van der Waals surface area contributed by atoms with Crippen LogP contribution in [0, 0.1) is 0 Å². The second-order valence-corrected chi connectivity index (χ2v) is 14.5. The molecule has 0 bridgehead atoms. The number of para-hydroxylation sites is 3. The molecule has 0 amide bonds. The molecule has 268 valence electrons. The van der Waals surface area contributed by atoms with Gasteiger partial charge in [0, 0.05) is 38.6 Å². The molecule has 0 aliphatic carbocycles. The molecule has 3 heteroatoms. The zero-order valence-corrected chi connectivity index (χ0v) is 31.0. The molecule has 2 heterocycles. The van der Waals surface area contributed by atoms with Crippen molar-refractivity contribution in [2.75, 3.05) is 4.90 Å². The average Bonchev–Trinajstić information content (AvgIpc) is 3.85. The Kier molecular flexibility index (Phi) is 7.82. The van der Waals surface area contributed by atoms with E-state index in [1.165, 1.54) is 11.1 Å². The maximum absolute atomic E-state index is 6.27. The summed E-state index contributed by atoms with van der Waals surface area (Å²) in [5.41, 5.74) is 16.0. The molecule has 57 heavy (non-hydrogen) atoms. The second kappa shape index (κ2) is 13.6. The largest absolute Gasteiger partial charge is 0.456 e. The molecule has 0 unspecified atom stereocenters. The molecule has 0 saturated carbocycles. The molecule has 9 aromatic carbocycles. The lowest BCUT2D eigenvalue weighted by molar-refractivity contribution is 0.668. The van der Waals surface area contributed by atoms with Gasteiger partial charge < -0.3 is 13.7 Å². The maximum Gasteiger partial charge on any atom is 0.135 e. The summed E-state index contributed by atoms with van der Waals surface area (Å²) in [7, 11) is 0. The van der Waals surface area contributed by atoms with Gasteiger partial charge in [-0.15, -0.1) is 0 Å². The number of fused-ring (bicyclic) bond motifs is 6. The van der Waals surface area contributed by atoms with Gasteiger partial charge in [0.15, 0.2) is 0 Å². The van der Waals surface area contributed by atoms with Gasteiger partial charge in [-0.2, -0.15) is 0 Å². The second-order valence-electron chi connectivity index (χ2n) is 14.5. The molecule has 0 aliphatic heterocycles. The lowest BCUT2D eigenvalue weighted by Gasteiger charge is -2.26. The van der Waals surface area contributed by atoms with Crippen molar-refractivity contribution in [3.63, 3.8) is 0 Å². The number of hydrogen-bond donors (Lipinski definition) is 0. The quantitative estimate of drug-likeness (QED) is 0.164. The van der Waals surface area contributed by atoms with E-state index in [2.05, 4.69) is 193 Å². The summed E-state index contributed by atoms with van der Waals surface area (Å²) >= 11 is 0. The zero-order chi connectivity index (χ0) is 37.7. The van der Waals surface area contributed by atoms with E-state index in [1.54, 1.807) is 0 Å². The van der Waals surface area contributed by atoms with Crippen LogP contribution in [0.15, 0.2) is 221 Å². The van der Waals surface area contributed by atoms with E-state index in [4.69, 9.17) is 8.83 Å². The molecule has 11 aromatic rings. The third-order valence-electron chi connectivity index (χ3n) is 11.1. The van der Waals surface area contributed by atoms with Crippen LogP contribution in [0.25, 0.3) is 88.4 Å². The van der Waals surface area contributed by atoms with Crippen molar-refractivity contribution in [1.82, 2.24) is 0 Å². The fourth-order valence-electron chi connectivity index (χ4n) is 8.31. The van der Waals surface area contributed by atoms with Crippen molar-refractivity contribution in [2.45, 2.75) is 0 Å². The standard InChI is InChI=1S/C54H35NO2/c1-3-13-36(14-4-1)37-15-11-19-43(31-37)55(42-17-5-2-6-18-42)44-20-12-16-40(32-44)45-28-25-38(39-26-29-53-49(34-39)46-21-7-9-23-51(46)56-53)33-48(45)41-27-30-54-50(35-41)47-22-8-10-24-52(47)57-54/h1-35H. The van der Waals surface area contributed by atoms with Crippen LogP contribution in [-0.2, 0) is 0 Å². The average molecular weight is 730 g/mol. The first kappa shape index (κ1) is 32.8. The number of rotatable bonds is 7. The van der Waals surface area contributed by atoms with Crippen LogP contribution in [-0.4, -0.2) is 0 Å². The summed E-state index contributed by atoms with van der Waals surface area (Å²) in [6.45, 7) is 0. The summed E-state index contributed by atoms with van der Waals surface area (Å²) < 4.78 is 12.5. The van der Waals surface area contributed by atoms with Gasteiger partial charge in [-0.1, -0.05) is 133 Å². The Morgan fingerprint density at radius 1 is 0.246 bits per heavy atom. The Balaban J connectivity index is 1.09. The topological polar surface area (TPSA) is 29.5 Å². The lowest BCUT2D eigenvalue weighted by atomic mass is 9.90. The van der Waals surface area contributed by atoms with Crippen LogP contribution in [0.3, 0.4) is 0 Å². The summed E-state index contributed by atoms with van der Waals surface area (Å²) in [6, 6.07) is 75.4. The Labute approximate surface area is 330 Å². The molecule has 0 fully saturated rings. The van der Waals surface area contributed by atoms with E-state index < -0.39 is 0 Å². The zero-order valence-electron chi connectivity index (χ0n) is 31.0. The normalized spacial score (nSPS) is 11.5. The van der Waals surface area contributed by atoms with Crippen LogP contribution >= 0.6 is 0 Å². The summed E-state index contributed by atoms with van der Waals surface area (Å²) in [5.74, 6) is 0. The number of anilines is 3. The first-order valence-corrected chi connectivity index (χ1v) is 19.3. The third-order valence-corrected chi connectivity index (χ3v) is 11.1. The highest BCUT2D eigenvalue weighted by Crippen LogP contribution is 2.43. The first-order valence-electron chi connectivity index (χ1n) is 19.3. The predicted octanol–water partition coefficient (Wildman–Crippen LogP) is 15.6. The molecule has 0 saturated heterocycles. The highest BCUT2D eigenvalue weighted by molar-refractivity contribution is 6.08. The van der Waals surface area contributed by atoms with E-state index in [-0.39, 0.29) is 0 Å². The van der Waals surface area contributed by atoms with E-state index in [0.717, 1.165) is 94.3 Å². The molecule has 11 rings (SSSR count). The molecule has 0 spiro atoms. The van der Waals surface area contributed by atoms with Crippen LogP contribution in [0.1, 0.15) is 0 Å². The summed E-state index contributed by atoms with van der Waals surface area (Å²) in [5, 5.41) is 4.46. The number of furan rings is 2. The van der Waals surface area contributed by atoms with Crippen molar-refractivity contribution < 1.29 is 8.83 Å². The van der Waals surface area contributed by atoms with E-state index in [1.807, 2.05) is 24.3 Å². The Morgan fingerprint density at radius 3 is 1.37 bits per heavy atom. The minimum atomic E-state index is 0.883. The minimum absolute atomic E-state index is 0.883. The minimum Gasteiger partial charge on any atom is -0.456 e. The van der Waals surface area contributed by atoms with Crippen LogP contribution in [0.4, 0.5) is 17.1 Å². The van der Waals surface area contributed by atoms with Gasteiger partial charge in [-0.25, -0.2) is 0 Å². The predicted molar refractivity (Wildman–Crippen MR) is 237 cm³/mol. The monoisotopic (exact) mass is 729 g/mol. The van der Waals surface area contributed by atoms with Crippen LogP contribution < -0.4 is 4.90 Å². The molecule has 2 aromatic heterocycles. The third kappa shape index (κ3) is 5.85. The van der Waals surface area contributed by atoms with Gasteiger partial charge in [0.25, 0.3) is 0 Å². The van der Waals surface area contributed by atoms with Crippen molar-refractivity contribution in [3.05, 3.63) is 212 Å². The maximum atomic E-state index is 6.27. The SMILES string of the molecule is c1ccc(-c2cccc(N(c3ccccc3)c3cccc(-c4ccc(-c5ccc6oc7ccccc7c6c5)cc4-c4ccc5oc6ccccc6c5c4)c3)c2)cc1. The highest BCUT2D eigenvalue weighted by Gasteiger charge is 2.18. The van der Waals surface area contributed by atoms with Gasteiger partial charge in [-0.3, -0.25) is 0 Å². The van der Waals surface area contributed by atoms with Gasteiger partial charge in [0.2, 0.25) is 0 Å².